The van der Waals surface area contributed by atoms with Gasteiger partial charge < -0.3 is 9.80 Å². The molecule has 1 fully saturated rings. The molecule has 0 aliphatic carbocycles. The molecule has 7 nitrogen and oxygen atoms in total. The molecule has 0 bridgehead atoms. The van der Waals surface area contributed by atoms with E-state index in [1.807, 2.05) is 20.8 Å². The molecule has 0 saturated carbocycles. The van der Waals surface area contributed by atoms with E-state index < -0.39 is 22.3 Å². The summed E-state index contributed by atoms with van der Waals surface area (Å²) in [5.74, 6) is -1.86. The molecule has 1 unspecified atom stereocenters. The van der Waals surface area contributed by atoms with Crippen LogP contribution in [0.25, 0.3) is 0 Å². The third kappa shape index (κ3) is 3.37. The largest absolute Gasteiger partial charge is 0.340 e. The smallest absolute Gasteiger partial charge is 0.306 e. The van der Waals surface area contributed by atoms with Crippen LogP contribution in [0.15, 0.2) is 18.2 Å². The van der Waals surface area contributed by atoms with Crippen molar-refractivity contribution >= 4 is 23.2 Å². The number of carbonyl (C=O) groups is 2. The molecule has 1 heterocycles. The van der Waals surface area contributed by atoms with Crippen LogP contribution in [0.4, 0.5) is 15.8 Å². The molecule has 0 radical (unpaired) electrons. The highest BCUT2D eigenvalue weighted by molar-refractivity contribution is 6.00. The molecule has 1 atom stereocenters. The summed E-state index contributed by atoms with van der Waals surface area (Å²) in [6, 6.07) is 3.33. The highest BCUT2D eigenvalue weighted by atomic mass is 19.1. The zero-order chi connectivity index (χ0) is 18.0. The Labute approximate surface area is 139 Å². The standard InChI is InChI=1S/C16H20FN3O4/c1-4-18(10(2)3)16(22)11-7-15(21)19(9-11)12-5-6-13(17)14(8-12)20(23)24/h5-6,8,10-11H,4,7,9H2,1-3H3. The number of nitro benzene ring substituents is 1. The third-order valence-corrected chi connectivity index (χ3v) is 4.16. The van der Waals surface area contributed by atoms with Crippen molar-refractivity contribution in [1.29, 1.82) is 0 Å². The van der Waals surface area contributed by atoms with Crippen LogP contribution in [0.5, 0.6) is 0 Å². The average Bonchev–Trinajstić information content (AvgIpc) is 2.89. The quantitative estimate of drug-likeness (QED) is 0.610. The first-order chi connectivity index (χ1) is 11.3. The number of nitrogens with zero attached hydrogens (tertiary/aromatic N) is 3. The molecule has 1 saturated heterocycles. The van der Waals surface area contributed by atoms with Gasteiger partial charge in [0.05, 0.1) is 16.5 Å². The Kier molecular flexibility index (Phi) is 5.16. The SMILES string of the molecule is CCN(C(=O)C1CC(=O)N(c2ccc(F)c([N+](=O)[O-])c2)C1)C(C)C. The van der Waals surface area contributed by atoms with Gasteiger partial charge in [-0.2, -0.15) is 4.39 Å². The van der Waals surface area contributed by atoms with E-state index in [0.717, 1.165) is 12.1 Å². The van der Waals surface area contributed by atoms with Crippen LogP contribution < -0.4 is 4.90 Å². The topological polar surface area (TPSA) is 83.8 Å². The lowest BCUT2D eigenvalue weighted by atomic mass is 10.1. The number of carbonyl (C=O) groups excluding carboxylic acids is 2. The number of hydrogen-bond acceptors (Lipinski definition) is 4. The maximum atomic E-state index is 13.4. The average molecular weight is 337 g/mol. The molecule has 1 aliphatic heterocycles. The molecule has 0 aromatic heterocycles. The van der Waals surface area contributed by atoms with Gasteiger partial charge in [-0.3, -0.25) is 19.7 Å². The van der Waals surface area contributed by atoms with Gasteiger partial charge >= 0.3 is 5.69 Å². The van der Waals surface area contributed by atoms with E-state index in [0.29, 0.717) is 6.54 Å². The second-order valence-corrected chi connectivity index (χ2v) is 6.02. The fourth-order valence-corrected chi connectivity index (χ4v) is 2.94. The van der Waals surface area contributed by atoms with Crippen molar-refractivity contribution in [1.82, 2.24) is 4.90 Å². The number of nitro groups is 1. The maximum absolute atomic E-state index is 13.4. The van der Waals surface area contributed by atoms with Crippen molar-refractivity contribution in [3.8, 4) is 0 Å². The predicted molar refractivity (Wildman–Crippen MR) is 86.0 cm³/mol. The second-order valence-electron chi connectivity index (χ2n) is 6.02. The Morgan fingerprint density at radius 3 is 2.71 bits per heavy atom. The van der Waals surface area contributed by atoms with Crippen LogP contribution in [0, 0.1) is 21.8 Å². The van der Waals surface area contributed by atoms with Crippen LogP contribution in [0.3, 0.4) is 0 Å². The number of anilines is 1. The molecule has 8 heteroatoms. The number of hydrogen-bond donors (Lipinski definition) is 0. The van der Waals surface area contributed by atoms with Crippen molar-refractivity contribution in [3.63, 3.8) is 0 Å². The Balaban J connectivity index is 2.23. The molecule has 0 N–H and O–H groups in total. The zero-order valence-electron chi connectivity index (χ0n) is 13.9. The second kappa shape index (κ2) is 6.94. The van der Waals surface area contributed by atoms with Crippen molar-refractivity contribution < 1.29 is 18.9 Å². The molecule has 2 amide bonds. The van der Waals surface area contributed by atoms with Crippen LogP contribution >= 0.6 is 0 Å². The Morgan fingerprint density at radius 1 is 1.50 bits per heavy atom. The van der Waals surface area contributed by atoms with Crippen molar-refractivity contribution in [3.05, 3.63) is 34.1 Å². The van der Waals surface area contributed by atoms with Crippen molar-refractivity contribution in [2.24, 2.45) is 5.92 Å². The summed E-state index contributed by atoms with van der Waals surface area (Å²) in [4.78, 5) is 37.8. The molecule has 130 valence electrons. The minimum absolute atomic E-state index is 0.0264. The fraction of sp³-hybridized carbons (Fsp3) is 0.500. The number of halogens is 1. The van der Waals surface area contributed by atoms with Gasteiger partial charge in [0.25, 0.3) is 0 Å². The first-order valence-electron chi connectivity index (χ1n) is 7.81. The van der Waals surface area contributed by atoms with Crippen LogP contribution in [0.2, 0.25) is 0 Å². The van der Waals surface area contributed by atoms with Gasteiger partial charge in [0.1, 0.15) is 0 Å². The minimum atomic E-state index is -0.958. The van der Waals surface area contributed by atoms with Crippen LogP contribution in [-0.4, -0.2) is 40.8 Å². The molecule has 1 aliphatic rings. The fourth-order valence-electron chi connectivity index (χ4n) is 2.94. The molecule has 2 rings (SSSR count). The summed E-state index contributed by atoms with van der Waals surface area (Å²) < 4.78 is 13.4. The summed E-state index contributed by atoms with van der Waals surface area (Å²) >= 11 is 0. The Hall–Kier alpha value is -2.51. The lowest BCUT2D eigenvalue weighted by molar-refractivity contribution is -0.387. The molecule has 1 aromatic rings. The number of benzene rings is 1. The van der Waals surface area contributed by atoms with Crippen LogP contribution in [-0.2, 0) is 9.59 Å². The van der Waals surface area contributed by atoms with E-state index >= 15 is 0 Å². The molecular weight excluding hydrogens is 317 g/mol. The number of amides is 2. The highest BCUT2D eigenvalue weighted by Gasteiger charge is 2.38. The van der Waals surface area contributed by atoms with E-state index in [-0.39, 0.29) is 36.5 Å². The zero-order valence-corrected chi connectivity index (χ0v) is 13.9. The van der Waals surface area contributed by atoms with Crippen LogP contribution in [0.1, 0.15) is 27.2 Å². The lowest BCUT2D eigenvalue weighted by Crippen LogP contribution is -2.41. The lowest BCUT2D eigenvalue weighted by Gasteiger charge is -2.27. The van der Waals surface area contributed by atoms with Gasteiger partial charge in [-0.15, -0.1) is 0 Å². The van der Waals surface area contributed by atoms with Gasteiger partial charge in [0, 0.05) is 31.6 Å². The molecular formula is C16H20FN3O4. The van der Waals surface area contributed by atoms with Gasteiger partial charge in [0.15, 0.2) is 0 Å². The van der Waals surface area contributed by atoms with Gasteiger partial charge in [-0.25, -0.2) is 0 Å². The van der Waals surface area contributed by atoms with Gasteiger partial charge in [0.2, 0.25) is 17.6 Å². The monoisotopic (exact) mass is 337 g/mol. The van der Waals surface area contributed by atoms with Crippen molar-refractivity contribution in [2.75, 3.05) is 18.0 Å². The van der Waals surface area contributed by atoms with Gasteiger partial charge in [-0.1, -0.05) is 0 Å². The first kappa shape index (κ1) is 17.8. The minimum Gasteiger partial charge on any atom is -0.340 e. The molecule has 24 heavy (non-hydrogen) atoms. The summed E-state index contributed by atoms with van der Waals surface area (Å²) in [5, 5.41) is 10.8. The van der Waals surface area contributed by atoms with E-state index in [2.05, 4.69) is 0 Å². The normalized spacial score (nSPS) is 17.5. The predicted octanol–water partition coefficient (Wildman–Crippen LogP) is 2.34. The third-order valence-electron chi connectivity index (χ3n) is 4.16. The summed E-state index contributed by atoms with van der Waals surface area (Å²) in [5.41, 5.74) is -0.455. The van der Waals surface area contributed by atoms with E-state index in [1.165, 1.54) is 11.0 Å². The Bertz CT molecular complexity index is 677. The molecule has 1 aromatic carbocycles. The first-order valence-corrected chi connectivity index (χ1v) is 7.81. The van der Waals surface area contributed by atoms with Crippen molar-refractivity contribution in [2.45, 2.75) is 33.2 Å². The summed E-state index contributed by atoms with van der Waals surface area (Å²) in [6.07, 6.45) is 0.0488. The summed E-state index contributed by atoms with van der Waals surface area (Å²) in [7, 11) is 0. The number of rotatable bonds is 5. The van der Waals surface area contributed by atoms with E-state index in [1.54, 1.807) is 4.90 Å². The highest BCUT2D eigenvalue weighted by Crippen LogP contribution is 2.30. The maximum Gasteiger partial charge on any atom is 0.306 e. The summed E-state index contributed by atoms with van der Waals surface area (Å²) in [6.45, 7) is 6.36. The van der Waals surface area contributed by atoms with Gasteiger partial charge in [-0.05, 0) is 32.9 Å². The van der Waals surface area contributed by atoms with E-state index in [9.17, 15) is 24.1 Å². The van der Waals surface area contributed by atoms with E-state index in [4.69, 9.17) is 0 Å². The molecule has 0 spiro atoms. The Morgan fingerprint density at radius 2 is 2.17 bits per heavy atom.